The standard InChI is InChI=1S/C19H26ClN3O/c1-2-3-4-5-6-7-8-11-17(23-21)15-13-16(20)14-10-9-12-22-18(14)19(15)24/h9-10,12-13,24H,2-8,11,21H2,1H3/b23-17-. The molecule has 0 aliphatic heterocycles. The fourth-order valence-corrected chi connectivity index (χ4v) is 3.19. The molecule has 0 unspecified atom stereocenters. The van der Waals surface area contributed by atoms with Crippen LogP contribution in [0.1, 0.15) is 63.9 Å². The van der Waals surface area contributed by atoms with Crippen LogP contribution in [0.2, 0.25) is 5.02 Å². The summed E-state index contributed by atoms with van der Waals surface area (Å²) in [5.41, 5.74) is 1.75. The first-order valence-corrected chi connectivity index (χ1v) is 9.10. The van der Waals surface area contributed by atoms with E-state index in [0.717, 1.165) is 24.6 Å². The van der Waals surface area contributed by atoms with E-state index < -0.39 is 0 Å². The van der Waals surface area contributed by atoms with Crippen LogP contribution in [0.15, 0.2) is 29.5 Å². The van der Waals surface area contributed by atoms with Crippen LogP contribution in [-0.2, 0) is 0 Å². The summed E-state index contributed by atoms with van der Waals surface area (Å²) in [6.07, 6.45) is 10.9. The molecule has 0 saturated heterocycles. The molecule has 2 rings (SSSR count). The average molecular weight is 348 g/mol. The molecule has 1 aromatic heterocycles. The number of unbranched alkanes of at least 4 members (excludes halogenated alkanes) is 6. The highest BCUT2D eigenvalue weighted by Crippen LogP contribution is 2.33. The number of nitrogens with zero attached hydrogens (tertiary/aromatic N) is 2. The van der Waals surface area contributed by atoms with Gasteiger partial charge in [-0.3, -0.25) is 4.98 Å². The Balaban J connectivity index is 2.03. The quantitative estimate of drug-likeness (QED) is 0.276. The van der Waals surface area contributed by atoms with Crippen molar-refractivity contribution in [3.8, 4) is 5.75 Å². The highest BCUT2D eigenvalue weighted by molar-refractivity contribution is 6.36. The van der Waals surface area contributed by atoms with E-state index in [0.29, 0.717) is 21.8 Å². The van der Waals surface area contributed by atoms with Crippen LogP contribution in [0.25, 0.3) is 10.9 Å². The topological polar surface area (TPSA) is 71.5 Å². The molecule has 130 valence electrons. The summed E-state index contributed by atoms with van der Waals surface area (Å²) in [6, 6.07) is 5.36. The molecule has 0 saturated carbocycles. The van der Waals surface area contributed by atoms with Crippen LogP contribution < -0.4 is 5.84 Å². The molecule has 0 fully saturated rings. The summed E-state index contributed by atoms with van der Waals surface area (Å²) in [4.78, 5) is 4.23. The molecule has 0 aliphatic carbocycles. The Bertz CT molecular complexity index is 700. The van der Waals surface area contributed by atoms with Crippen LogP contribution in [0.4, 0.5) is 0 Å². The van der Waals surface area contributed by atoms with Crippen molar-refractivity contribution >= 4 is 28.2 Å². The van der Waals surface area contributed by atoms with Crippen LogP contribution in [-0.4, -0.2) is 15.8 Å². The number of nitrogens with two attached hydrogens (primary N) is 1. The van der Waals surface area contributed by atoms with Crippen molar-refractivity contribution < 1.29 is 5.11 Å². The molecule has 0 aliphatic rings. The van der Waals surface area contributed by atoms with Gasteiger partial charge in [0.05, 0.1) is 10.7 Å². The number of hydrogen-bond acceptors (Lipinski definition) is 4. The van der Waals surface area contributed by atoms with Gasteiger partial charge < -0.3 is 10.9 Å². The third-order valence-electron chi connectivity index (χ3n) is 4.30. The third kappa shape index (κ3) is 4.60. The van der Waals surface area contributed by atoms with E-state index in [2.05, 4.69) is 17.0 Å². The molecular weight excluding hydrogens is 322 g/mol. The summed E-state index contributed by atoms with van der Waals surface area (Å²) in [5, 5.41) is 15.7. The van der Waals surface area contributed by atoms with Crippen LogP contribution >= 0.6 is 11.6 Å². The first kappa shape index (κ1) is 18.5. The highest BCUT2D eigenvalue weighted by atomic mass is 35.5. The Morgan fingerprint density at radius 1 is 1.21 bits per heavy atom. The van der Waals surface area contributed by atoms with Crippen molar-refractivity contribution in [2.24, 2.45) is 10.9 Å². The number of phenols is 1. The maximum absolute atomic E-state index is 10.5. The van der Waals surface area contributed by atoms with E-state index in [9.17, 15) is 5.11 Å². The minimum atomic E-state index is 0.0992. The number of pyridine rings is 1. The number of benzene rings is 1. The Labute approximate surface area is 148 Å². The molecule has 1 heterocycles. The van der Waals surface area contributed by atoms with Crippen LogP contribution in [0, 0.1) is 0 Å². The number of hydrazone groups is 1. The van der Waals surface area contributed by atoms with Crippen molar-refractivity contribution in [1.82, 2.24) is 4.98 Å². The minimum Gasteiger partial charge on any atom is -0.505 e. The third-order valence-corrected chi connectivity index (χ3v) is 4.61. The van der Waals surface area contributed by atoms with Gasteiger partial charge in [0.2, 0.25) is 0 Å². The Morgan fingerprint density at radius 3 is 2.62 bits per heavy atom. The lowest BCUT2D eigenvalue weighted by Gasteiger charge is -2.11. The van der Waals surface area contributed by atoms with Gasteiger partial charge >= 0.3 is 0 Å². The summed E-state index contributed by atoms with van der Waals surface area (Å²) < 4.78 is 0. The summed E-state index contributed by atoms with van der Waals surface area (Å²) in [7, 11) is 0. The molecule has 0 amide bonds. The number of aromatic hydroxyl groups is 1. The molecule has 5 heteroatoms. The Hall–Kier alpha value is -1.81. The minimum absolute atomic E-state index is 0.0992. The predicted octanol–water partition coefficient (Wildman–Crippen LogP) is 5.40. The van der Waals surface area contributed by atoms with Gasteiger partial charge in [0, 0.05) is 17.1 Å². The molecule has 2 aromatic rings. The largest absolute Gasteiger partial charge is 0.505 e. The number of aromatic nitrogens is 1. The monoisotopic (exact) mass is 347 g/mol. The highest BCUT2D eigenvalue weighted by Gasteiger charge is 2.15. The Kier molecular flexibility index (Phi) is 7.32. The zero-order valence-corrected chi connectivity index (χ0v) is 15.0. The van der Waals surface area contributed by atoms with Gasteiger partial charge in [-0.2, -0.15) is 5.10 Å². The van der Waals surface area contributed by atoms with Gasteiger partial charge in [-0.25, -0.2) is 0 Å². The van der Waals surface area contributed by atoms with Gasteiger partial charge in [0.15, 0.2) is 5.75 Å². The molecule has 0 radical (unpaired) electrons. The van der Waals surface area contributed by atoms with Crippen molar-refractivity contribution in [2.45, 2.75) is 58.3 Å². The van der Waals surface area contributed by atoms with Crippen molar-refractivity contribution in [3.05, 3.63) is 35.0 Å². The van der Waals surface area contributed by atoms with Crippen LogP contribution in [0.5, 0.6) is 5.75 Å². The fraction of sp³-hybridized carbons (Fsp3) is 0.474. The fourth-order valence-electron chi connectivity index (χ4n) is 2.93. The number of fused-ring (bicyclic) bond motifs is 1. The van der Waals surface area contributed by atoms with E-state index in [4.69, 9.17) is 17.4 Å². The van der Waals surface area contributed by atoms with Crippen molar-refractivity contribution in [2.75, 3.05) is 0 Å². The van der Waals surface area contributed by atoms with Gasteiger partial charge in [-0.15, -0.1) is 0 Å². The lowest BCUT2D eigenvalue weighted by Crippen LogP contribution is -2.06. The first-order valence-electron chi connectivity index (χ1n) is 8.72. The van der Waals surface area contributed by atoms with E-state index >= 15 is 0 Å². The van der Waals surface area contributed by atoms with Gasteiger partial charge in [-0.1, -0.05) is 57.0 Å². The molecule has 0 atom stereocenters. The first-order chi connectivity index (χ1) is 11.7. The van der Waals surface area contributed by atoms with Gasteiger partial charge in [-0.05, 0) is 31.0 Å². The second-order valence-electron chi connectivity index (χ2n) is 6.10. The smallest absolute Gasteiger partial charge is 0.151 e. The second kappa shape index (κ2) is 9.48. The summed E-state index contributed by atoms with van der Waals surface area (Å²) >= 11 is 6.32. The summed E-state index contributed by atoms with van der Waals surface area (Å²) in [5.74, 6) is 5.66. The number of halogens is 1. The average Bonchev–Trinajstić information content (AvgIpc) is 2.61. The zero-order valence-electron chi connectivity index (χ0n) is 14.3. The van der Waals surface area contributed by atoms with Gasteiger partial charge in [0.25, 0.3) is 0 Å². The molecule has 3 N–H and O–H groups in total. The van der Waals surface area contributed by atoms with E-state index in [-0.39, 0.29) is 5.75 Å². The van der Waals surface area contributed by atoms with Crippen LogP contribution in [0.3, 0.4) is 0 Å². The van der Waals surface area contributed by atoms with E-state index in [1.807, 2.05) is 6.07 Å². The molecule has 24 heavy (non-hydrogen) atoms. The lowest BCUT2D eigenvalue weighted by atomic mass is 10.00. The number of phenolic OH excluding ortho intramolecular Hbond substituents is 1. The number of hydrogen-bond donors (Lipinski definition) is 2. The van der Waals surface area contributed by atoms with E-state index in [1.165, 1.54) is 32.1 Å². The molecule has 0 bridgehead atoms. The second-order valence-corrected chi connectivity index (χ2v) is 6.51. The maximum atomic E-state index is 10.5. The van der Waals surface area contributed by atoms with E-state index in [1.54, 1.807) is 18.3 Å². The maximum Gasteiger partial charge on any atom is 0.151 e. The summed E-state index contributed by atoms with van der Waals surface area (Å²) in [6.45, 7) is 2.22. The lowest BCUT2D eigenvalue weighted by molar-refractivity contribution is 0.479. The molecule has 4 nitrogen and oxygen atoms in total. The molecule has 1 aromatic carbocycles. The molecular formula is C19H26ClN3O. The predicted molar refractivity (Wildman–Crippen MR) is 102 cm³/mol. The number of rotatable bonds is 9. The Morgan fingerprint density at radius 2 is 1.92 bits per heavy atom. The van der Waals surface area contributed by atoms with Crippen molar-refractivity contribution in [1.29, 1.82) is 0 Å². The van der Waals surface area contributed by atoms with Crippen molar-refractivity contribution in [3.63, 3.8) is 0 Å². The zero-order chi connectivity index (χ0) is 17.4. The molecule has 0 spiro atoms. The SMILES string of the molecule is CCCCCCCCC/C(=N/N)c1cc(Cl)c2cccnc2c1O. The van der Waals surface area contributed by atoms with Gasteiger partial charge in [0.1, 0.15) is 5.52 Å². The normalized spacial score (nSPS) is 12.0.